The maximum Gasteiger partial charge on any atom is 0.249 e. The van der Waals surface area contributed by atoms with Gasteiger partial charge < -0.3 is 19.4 Å². The first-order valence-electron chi connectivity index (χ1n) is 8.45. The average molecular weight is 345 g/mol. The van der Waals surface area contributed by atoms with Crippen LogP contribution < -0.4 is 10.1 Å². The summed E-state index contributed by atoms with van der Waals surface area (Å²) in [6.07, 6.45) is 3.04. The van der Waals surface area contributed by atoms with Crippen LogP contribution in [0.25, 0.3) is 0 Å². The van der Waals surface area contributed by atoms with Crippen molar-refractivity contribution in [1.82, 2.24) is 14.9 Å². The summed E-state index contributed by atoms with van der Waals surface area (Å²) < 4.78 is 12.8. The van der Waals surface area contributed by atoms with Gasteiger partial charge in [-0.1, -0.05) is 26.0 Å². The molecule has 0 aliphatic carbocycles. The van der Waals surface area contributed by atoms with Gasteiger partial charge in [0.15, 0.2) is 0 Å². The van der Waals surface area contributed by atoms with E-state index in [1.54, 1.807) is 20.2 Å². The van der Waals surface area contributed by atoms with E-state index in [0.717, 1.165) is 17.1 Å². The highest BCUT2D eigenvalue weighted by atomic mass is 16.5. The number of hydrogen-bond acceptors (Lipinski definition) is 4. The van der Waals surface area contributed by atoms with E-state index in [9.17, 15) is 4.79 Å². The van der Waals surface area contributed by atoms with Crippen LogP contribution >= 0.6 is 0 Å². The average Bonchev–Trinajstić information content (AvgIpc) is 3.03. The Morgan fingerprint density at radius 1 is 1.32 bits per heavy atom. The summed E-state index contributed by atoms with van der Waals surface area (Å²) in [7, 11) is 3.52. The normalized spacial score (nSPS) is 13.5. The fourth-order valence-corrected chi connectivity index (χ4v) is 2.45. The second-order valence-electron chi connectivity index (χ2n) is 6.48. The van der Waals surface area contributed by atoms with Gasteiger partial charge in [0.1, 0.15) is 23.7 Å². The van der Waals surface area contributed by atoms with Crippen LogP contribution in [0.3, 0.4) is 0 Å². The zero-order valence-corrected chi connectivity index (χ0v) is 15.5. The Labute approximate surface area is 149 Å². The van der Waals surface area contributed by atoms with Gasteiger partial charge in [-0.05, 0) is 30.5 Å². The molecule has 0 aliphatic rings. The largest absolute Gasteiger partial charge is 0.497 e. The van der Waals surface area contributed by atoms with E-state index < -0.39 is 6.10 Å². The first kappa shape index (κ1) is 19.0. The van der Waals surface area contributed by atoms with Gasteiger partial charge in [0.05, 0.1) is 7.11 Å². The van der Waals surface area contributed by atoms with E-state index in [4.69, 9.17) is 9.47 Å². The van der Waals surface area contributed by atoms with Crippen molar-refractivity contribution in [2.75, 3.05) is 13.7 Å². The minimum Gasteiger partial charge on any atom is -0.497 e. The third kappa shape index (κ3) is 5.06. The Balaban J connectivity index is 2.24. The number of aryl methyl sites for hydroxylation is 1. The molecular formula is C19H27N3O3. The predicted molar refractivity (Wildman–Crippen MR) is 96.4 cm³/mol. The van der Waals surface area contributed by atoms with Crippen molar-refractivity contribution >= 4 is 5.91 Å². The fourth-order valence-electron chi connectivity index (χ4n) is 2.45. The molecule has 6 nitrogen and oxygen atoms in total. The lowest BCUT2D eigenvalue weighted by atomic mass is 10.1. The second-order valence-corrected chi connectivity index (χ2v) is 6.48. The molecule has 1 aromatic carbocycles. The van der Waals surface area contributed by atoms with Gasteiger partial charge in [0.2, 0.25) is 5.91 Å². The Morgan fingerprint density at radius 2 is 2.08 bits per heavy atom. The molecule has 0 fully saturated rings. The molecule has 0 saturated heterocycles. The van der Waals surface area contributed by atoms with Crippen LogP contribution in [-0.4, -0.2) is 35.3 Å². The molecule has 136 valence electrons. The maximum atomic E-state index is 12.6. The molecule has 2 unspecified atom stereocenters. The number of hydrogen-bond donors (Lipinski definition) is 1. The summed E-state index contributed by atoms with van der Waals surface area (Å²) in [6.45, 7) is 6.41. The summed E-state index contributed by atoms with van der Waals surface area (Å²) in [5.41, 5.74) is 0.901. The summed E-state index contributed by atoms with van der Waals surface area (Å²) in [4.78, 5) is 17.0. The molecule has 0 bridgehead atoms. The van der Waals surface area contributed by atoms with Crippen molar-refractivity contribution in [2.45, 2.75) is 32.9 Å². The highest BCUT2D eigenvalue weighted by Gasteiger charge is 2.24. The summed E-state index contributed by atoms with van der Waals surface area (Å²) in [6, 6.07) is 7.23. The molecular weight excluding hydrogens is 318 g/mol. The van der Waals surface area contributed by atoms with Crippen LogP contribution in [0.1, 0.15) is 38.2 Å². The molecule has 2 aromatic rings. The highest BCUT2D eigenvalue weighted by molar-refractivity contribution is 5.81. The van der Waals surface area contributed by atoms with Crippen LogP contribution in [0.15, 0.2) is 36.7 Å². The van der Waals surface area contributed by atoms with Crippen molar-refractivity contribution in [3.8, 4) is 5.75 Å². The summed E-state index contributed by atoms with van der Waals surface area (Å²) >= 11 is 0. The Morgan fingerprint density at radius 3 is 2.68 bits per heavy atom. The van der Waals surface area contributed by atoms with Gasteiger partial charge in [-0.3, -0.25) is 4.79 Å². The highest BCUT2D eigenvalue weighted by Crippen LogP contribution is 2.24. The van der Waals surface area contributed by atoms with Gasteiger partial charge >= 0.3 is 0 Å². The van der Waals surface area contributed by atoms with Crippen molar-refractivity contribution in [2.24, 2.45) is 13.0 Å². The third-order valence-electron chi connectivity index (χ3n) is 3.88. The molecule has 1 amide bonds. The van der Waals surface area contributed by atoms with Crippen molar-refractivity contribution in [3.63, 3.8) is 0 Å². The molecule has 0 radical (unpaired) electrons. The maximum absolute atomic E-state index is 12.6. The number of benzene rings is 1. The van der Waals surface area contributed by atoms with Crippen molar-refractivity contribution < 1.29 is 14.3 Å². The third-order valence-corrected chi connectivity index (χ3v) is 3.88. The van der Waals surface area contributed by atoms with Crippen LogP contribution in [0.5, 0.6) is 5.75 Å². The van der Waals surface area contributed by atoms with E-state index >= 15 is 0 Å². The topological polar surface area (TPSA) is 65.4 Å². The van der Waals surface area contributed by atoms with E-state index in [1.807, 2.05) is 42.1 Å². The van der Waals surface area contributed by atoms with Crippen molar-refractivity contribution in [3.05, 3.63) is 48.0 Å². The SMILES string of the molecule is COc1cccc(C(NC(=O)C(C)OCC(C)C)c2nccn2C)c1. The number of methoxy groups -OCH3 is 1. The fraction of sp³-hybridized carbons (Fsp3) is 0.474. The lowest BCUT2D eigenvalue weighted by molar-refractivity contribution is -0.132. The van der Waals surface area contributed by atoms with Crippen molar-refractivity contribution in [1.29, 1.82) is 0 Å². The van der Waals surface area contributed by atoms with E-state index in [-0.39, 0.29) is 11.9 Å². The summed E-state index contributed by atoms with van der Waals surface area (Å²) in [5, 5.41) is 3.05. The van der Waals surface area contributed by atoms with E-state index in [0.29, 0.717) is 12.5 Å². The lowest BCUT2D eigenvalue weighted by Crippen LogP contribution is -2.39. The summed E-state index contributed by atoms with van der Waals surface area (Å²) in [5.74, 6) is 1.68. The lowest BCUT2D eigenvalue weighted by Gasteiger charge is -2.22. The molecule has 1 N–H and O–H groups in total. The smallest absolute Gasteiger partial charge is 0.249 e. The Bertz CT molecular complexity index is 697. The number of aromatic nitrogens is 2. The Kier molecular flexibility index (Phi) is 6.58. The molecule has 1 heterocycles. The first-order chi connectivity index (χ1) is 11.9. The number of nitrogens with one attached hydrogen (secondary N) is 1. The zero-order valence-electron chi connectivity index (χ0n) is 15.5. The Hall–Kier alpha value is -2.34. The minimum atomic E-state index is -0.532. The molecule has 0 spiro atoms. The van der Waals surface area contributed by atoms with Crippen LogP contribution in [-0.2, 0) is 16.6 Å². The molecule has 2 rings (SSSR count). The van der Waals surface area contributed by atoms with Gasteiger partial charge in [-0.15, -0.1) is 0 Å². The standard InChI is InChI=1S/C19H27N3O3/c1-13(2)12-25-14(3)19(23)21-17(18-20-9-10-22(18)4)15-7-6-8-16(11-15)24-5/h6-11,13-14,17H,12H2,1-5H3,(H,21,23). The second kappa shape index (κ2) is 8.67. The number of ether oxygens (including phenoxy) is 2. The predicted octanol–water partition coefficient (Wildman–Crippen LogP) is 2.70. The monoisotopic (exact) mass is 345 g/mol. The van der Waals surface area contributed by atoms with E-state index in [1.165, 1.54) is 0 Å². The van der Waals surface area contributed by atoms with Gasteiger partial charge in [0, 0.05) is 26.0 Å². The minimum absolute atomic E-state index is 0.170. The van der Waals surface area contributed by atoms with Crippen LogP contribution in [0, 0.1) is 5.92 Å². The van der Waals surface area contributed by atoms with Gasteiger partial charge in [-0.25, -0.2) is 4.98 Å². The van der Waals surface area contributed by atoms with E-state index in [2.05, 4.69) is 24.1 Å². The number of amides is 1. The number of nitrogens with zero attached hydrogens (tertiary/aromatic N) is 2. The number of rotatable bonds is 8. The van der Waals surface area contributed by atoms with Gasteiger partial charge in [0.25, 0.3) is 0 Å². The van der Waals surface area contributed by atoms with Gasteiger partial charge in [-0.2, -0.15) is 0 Å². The molecule has 0 aliphatic heterocycles. The molecule has 25 heavy (non-hydrogen) atoms. The zero-order chi connectivity index (χ0) is 18.4. The van der Waals surface area contributed by atoms with Crippen LogP contribution in [0.4, 0.5) is 0 Å². The molecule has 0 saturated carbocycles. The number of carbonyl (C=O) groups is 1. The molecule has 6 heteroatoms. The first-order valence-corrected chi connectivity index (χ1v) is 8.45. The number of carbonyl (C=O) groups excluding carboxylic acids is 1. The van der Waals surface area contributed by atoms with Crippen LogP contribution in [0.2, 0.25) is 0 Å². The molecule has 2 atom stereocenters. The quantitative estimate of drug-likeness (QED) is 0.799. The molecule has 1 aromatic heterocycles. The number of imidazole rings is 1.